The van der Waals surface area contributed by atoms with Crippen LogP contribution < -0.4 is 5.73 Å². The minimum atomic E-state index is -0.686. The van der Waals surface area contributed by atoms with Gasteiger partial charge in [-0.05, 0) is 31.1 Å². The highest BCUT2D eigenvalue weighted by molar-refractivity contribution is 6.09. The number of hydrogen-bond donors (Lipinski definition) is 2. The van der Waals surface area contributed by atoms with Gasteiger partial charge in [0.05, 0.1) is 0 Å². The van der Waals surface area contributed by atoms with Crippen LogP contribution in [-0.2, 0) is 4.79 Å². The number of nitrogens with zero attached hydrogens (tertiary/aromatic N) is 2. The Kier molecular flexibility index (Phi) is 3.25. The number of nitrogens with two attached hydrogens (primary N) is 1. The minimum Gasteiger partial charge on any atom is -0.409 e. The first-order valence-electron chi connectivity index (χ1n) is 6.75. The zero-order valence-electron chi connectivity index (χ0n) is 11.3. The lowest BCUT2D eigenvalue weighted by atomic mass is 9.78. The van der Waals surface area contributed by atoms with Crippen LogP contribution in [-0.4, -0.2) is 34.9 Å². The van der Waals surface area contributed by atoms with Crippen LogP contribution in [0, 0.1) is 10.8 Å². The van der Waals surface area contributed by atoms with Gasteiger partial charge in [-0.1, -0.05) is 25.4 Å². The number of oxime groups is 1. The summed E-state index contributed by atoms with van der Waals surface area (Å²) >= 11 is 0. The molecule has 1 heterocycles. The number of amides is 1. The van der Waals surface area contributed by atoms with Crippen LogP contribution in [0.3, 0.4) is 0 Å². The molecule has 2 fully saturated rings. The molecule has 5 heteroatoms. The summed E-state index contributed by atoms with van der Waals surface area (Å²) in [6.07, 6.45) is 4.66. The molecule has 0 bridgehead atoms. The largest absolute Gasteiger partial charge is 0.409 e. The van der Waals surface area contributed by atoms with E-state index in [2.05, 4.69) is 19.0 Å². The Morgan fingerprint density at radius 2 is 1.89 bits per heavy atom. The quantitative estimate of drug-likeness (QED) is 0.346. The summed E-state index contributed by atoms with van der Waals surface area (Å²) in [6, 6.07) is 0. The summed E-state index contributed by atoms with van der Waals surface area (Å²) in [6.45, 7) is 6.08. The van der Waals surface area contributed by atoms with Crippen molar-refractivity contribution in [3.8, 4) is 0 Å². The average molecular weight is 253 g/mol. The van der Waals surface area contributed by atoms with Crippen molar-refractivity contribution in [1.82, 2.24) is 4.90 Å². The predicted octanol–water partition coefficient (Wildman–Crippen LogP) is 1.55. The highest BCUT2D eigenvalue weighted by Crippen LogP contribution is 2.48. The van der Waals surface area contributed by atoms with Gasteiger partial charge < -0.3 is 15.8 Å². The van der Waals surface area contributed by atoms with Crippen molar-refractivity contribution in [2.75, 3.05) is 13.1 Å². The Labute approximate surface area is 108 Å². The molecule has 5 nitrogen and oxygen atoms in total. The molecule has 0 unspecified atom stereocenters. The maximum Gasteiger partial charge on any atom is 0.236 e. The van der Waals surface area contributed by atoms with Gasteiger partial charge in [-0.15, -0.1) is 0 Å². The van der Waals surface area contributed by atoms with Gasteiger partial charge in [0, 0.05) is 13.1 Å². The molecule has 3 N–H and O–H groups in total. The number of carbonyl (C=O) groups is 1. The smallest absolute Gasteiger partial charge is 0.236 e. The lowest BCUT2D eigenvalue weighted by molar-refractivity contribution is -0.136. The third kappa shape index (κ3) is 2.06. The monoisotopic (exact) mass is 253 g/mol. The van der Waals surface area contributed by atoms with Gasteiger partial charge in [-0.25, -0.2) is 0 Å². The van der Waals surface area contributed by atoms with Crippen LogP contribution in [0.5, 0.6) is 0 Å². The molecule has 1 aliphatic heterocycles. The van der Waals surface area contributed by atoms with Gasteiger partial charge in [0.25, 0.3) is 0 Å². The van der Waals surface area contributed by atoms with E-state index in [0.29, 0.717) is 18.3 Å². The van der Waals surface area contributed by atoms with E-state index in [1.54, 1.807) is 0 Å². The SMILES string of the molecule is CCC1(C)CCN(C(=O)C2(C(N)=NO)CC2)CC1. The fourth-order valence-electron chi connectivity index (χ4n) is 2.71. The highest BCUT2D eigenvalue weighted by Gasteiger charge is 2.56. The second-order valence-electron chi connectivity index (χ2n) is 6.02. The number of rotatable bonds is 3. The first-order valence-corrected chi connectivity index (χ1v) is 6.75. The summed E-state index contributed by atoms with van der Waals surface area (Å²) in [5.74, 6) is 0.132. The van der Waals surface area contributed by atoms with E-state index in [9.17, 15) is 4.79 Å². The first kappa shape index (κ1) is 13.2. The molecule has 1 aliphatic carbocycles. The van der Waals surface area contributed by atoms with Gasteiger partial charge >= 0.3 is 0 Å². The molecule has 0 aromatic heterocycles. The van der Waals surface area contributed by atoms with E-state index in [-0.39, 0.29) is 11.7 Å². The number of hydrogen-bond acceptors (Lipinski definition) is 3. The molecule has 0 aromatic carbocycles. The summed E-state index contributed by atoms with van der Waals surface area (Å²) in [4.78, 5) is 14.3. The van der Waals surface area contributed by atoms with Crippen molar-refractivity contribution in [1.29, 1.82) is 0 Å². The topological polar surface area (TPSA) is 78.9 Å². The van der Waals surface area contributed by atoms with Crippen LogP contribution in [0.1, 0.15) is 46.0 Å². The summed E-state index contributed by atoms with van der Waals surface area (Å²) < 4.78 is 0. The molecule has 2 rings (SSSR count). The number of amidine groups is 1. The number of likely N-dealkylation sites (tertiary alicyclic amines) is 1. The first-order chi connectivity index (χ1) is 8.47. The molecule has 0 atom stereocenters. The molecule has 0 aromatic rings. The van der Waals surface area contributed by atoms with Crippen LogP contribution in [0.4, 0.5) is 0 Å². The highest BCUT2D eigenvalue weighted by atomic mass is 16.4. The number of carbonyl (C=O) groups excluding carboxylic acids is 1. The molecule has 102 valence electrons. The molecular weight excluding hydrogens is 230 g/mol. The van der Waals surface area contributed by atoms with Crippen molar-refractivity contribution in [3.63, 3.8) is 0 Å². The van der Waals surface area contributed by atoms with E-state index in [1.165, 1.54) is 0 Å². The van der Waals surface area contributed by atoms with Gasteiger partial charge in [-0.3, -0.25) is 4.79 Å². The van der Waals surface area contributed by atoms with E-state index >= 15 is 0 Å². The summed E-state index contributed by atoms with van der Waals surface area (Å²) in [7, 11) is 0. The second-order valence-corrected chi connectivity index (χ2v) is 6.02. The van der Waals surface area contributed by atoms with Crippen LogP contribution in [0.15, 0.2) is 5.16 Å². The molecule has 18 heavy (non-hydrogen) atoms. The molecule has 2 aliphatic rings. The Hall–Kier alpha value is -1.26. The molecule has 1 amide bonds. The van der Waals surface area contributed by atoms with E-state index in [1.807, 2.05) is 4.90 Å². The summed E-state index contributed by atoms with van der Waals surface area (Å²) in [5, 5.41) is 11.8. The van der Waals surface area contributed by atoms with Crippen molar-refractivity contribution in [2.45, 2.75) is 46.0 Å². The third-order valence-electron chi connectivity index (χ3n) is 4.87. The fraction of sp³-hybridized carbons (Fsp3) is 0.846. The molecular formula is C13H23N3O2. The molecule has 1 saturated heterocycles. The van der Waals surface area contributed by atoms with Crippen molar-refractivity contribution < 1.29 is 10.0 Å². The summed E-state index contributed by atoms with van der Waals surface area (Å²) in [5.41, 5.74) is 5.33. The zero-order valence-corrected chi connectivity index (χ0v) is 11.3. The number of piperidine rings is 1. The maximum absolute atomic E-state index is 12.4. The molecule has 1 saturated carbocycles. The van der Waals surface area contributed by atoms with Gasteiger partial charge in [0.1, 0.15) is 5.41 Å². The van der Waals surface area contributed by atoms with Crippen LogP contribution >= 0.6 is 0 Å². The minimum absolute atomic E-state index is 0.0518. The average Bonchev–Trinajstić information content (AvgIpc) is 3.19. The lowest BCUT2D eigenvalue weighted by Crippen LogP contribution is -2.48. The Morgan fingerprint density at radius 1 is 1.33 bits per heavy atom. The third-order valence-corrected chi connectivity index (χ3v) is 4.87. The zero-order chi connectivity index (χ0) is 13.4. The van der Waals surface area contributed by atoms with Gasteiger partial charge in [0.15, 0.2) is 5.84 Å². The van der Waals surface area contributed by atoms with Gasteiger partial charge in [-0.2, -0.15) is 0 Å². The Balaban J connectivity index is 2.01. The molecule has 0 radical (unpaired) electrons. The Bertz CT molecular complexity index is 366. The van der Waals surface area contributed by atoms with Crippen LogP contribution in [0.2, 0.25) is 0 Å². The van der Waals surface area contributed by atoms with Crippen molar-refractivity contribution in [3.05, 3.63) is 0 Å². The molecule has 0 spiro atoms. The second kappa shape index (κ2) is 4.44. The Morgan fingerprint density at radius 3 is 2.28 bits per heavy atom. The maximum atomic E-state index is 12.4. The fourth-order valence-corrected chi connectivity index (χ4v) is 2.71. The van der Waals surface area contributed by atoms with E-state index in [4.69, 9.17) is 10.9 Å². The standard InChI is InChI=1S/C13H23N3O2/c1-3-12(2)6-8-16(9-7-12)11(17)13(4-5-13)10(14)15-18/h18H,3-9H2,1-2H3,(H2,14,15). The van der Waals surface area contributed by atoms with Crippen molar-refractivity contribution >= 4 is 11.7 Å². The predicted molar refractivity (Wildman–Crippen MR) is 69.3 cm³/mol. The van der Waals surface area contributed by atoms with Crippen molar-refractivity contribution in [2.24, 2.45) is 21.7 Å². The van der Waals surface area contributed by atoms with E-state index in [0.717, 1.165) is 32.4 Å². The normalized spacial score (nSPS) is 25.9. The van der Waals surface area contributed by atoms with E-state index < -0.39 is 5.41 Å². The van der Waals surface area contributed by atoms with Gasteiger partial charge in [0.2, 0.25) is 5.91 Å². The van der Waals surface area contributed by atoms with Crippen LogP contribution in [0.25, 0.3) is 0 Å². The lowest BCUT2D eigenvalue weighted by Gasteiger charge is -2.40.